The van der Waals surface area contributed by atoms with Crippen molar-refractivity contribution in [1.82, 2.24) is 0 Å². The lowest BCUT2D eigenvalue weighted by atomic mass is 10.0. The minimum atomic E-state index is -0.103. The molecule has 21 heavy (non-hydrogen) atoms. The zero-order chi connectivity index (χ0) is 19.1. The Hall–Kier alpha value is -1.44. The molecule has 0 saturated heterocycles. The molecule has 0 aliphatic heterocycles. The summed E-state index contributed by atoms with van der Waals surface area (Å²) in [6.07, 6.45) is 4.29. The average molecular weight is 294 g/mol. The second kappa shape index (κ2) is 9.49. The van der Waals surface area contributed by atoms with E-state index < -0.39 is 0 Å². The lowest BCUT2D eigenvalue weighted by Crippen LogP contribution is -2.12. The molecule has 2 heteroatoms. The second-order valence-corrected chi connectivity index (χ2v) is 5.21. The van der Waals surface area contributed by atoms with Gasteiger partial charge in [-0.3, -0.25) is 0 Å². The number of hydrogen-bond donors (Lipinski definition) is 0. The predicted molar refractivity (Wildman–Crippen MR) is 91.2 cm³/mol. The van der Waals surface area contributed by atoms with E-state index in [9.17, 15) is 0 Å². The minimum absolute atomic E-state index is 0.00390. The van der Waals surface area contributed by atoms with E-state index in [-0.39, 0.29) is 41.3 Å². The Balaban J connectivity index is 3.35. The van der Waals surface area contributed by atoms with Crippen LogP contribution in [0.5, 0.6) is 11.5 Å². The van der Waals surface area contributed by atoms with Crippen molar-refractivity contribution in [3.63, 3.8) is 0 Å². The van der Waals surface area contributed by atoms with Crippen molar-refractivity contribution in [3.8, 4) is 11.5 Å². The molecule has 2 nitrogen and oxygen atoms in total. The zero-order valence-electron chi connectivity index (χ0n) is 17.9. The van der Waals surface area contributed by atoms with E-state index in [0.29, 0.717) is 18.1 Å². The summed E-state index contributed by atoms with van der Waals surface area (Å²) in [4.78, 5) is 0. The number of benzene rings is 1. The third-order valence-electron chi connectivity index (χ3n) is 3.57. The minimum Gasteiger partial charge on any atom is -0.496 e. The number of rotatable bonds is 9. The van der Waals surface area contributed by atoms with E-state index in [1.165, 1.54) is 14.0 Å². The first-order valence-corrected chi connectivity index (χ1v) is 7.74. The van der Waals surface area contributed by atoms with E-state index in [2.05, 4.69) is 13.8 Å². The molecule has 1 aromatic carbocycles. The van der Waals surface area contributed by atoms with Crippen LogP contribution >= 0.6 is 0 Å². The van der Waals surface area contributed by atoms with Crippen LogP contribution < -0.4 is 9.47 Å². The van der Waals surface area contributed by atoms with Gasteiger partial charge >= 0.3 is 0 Å². The maximum Gasteiger partial charge on any atom is 0.127 e. The first kappa shape index (κ1) is 12.1. The highest BCUT2D eigenvalue weighted by Gasteiger charge is 2.11. The SMILES string of the molecule is [2H]/C(C)=C(/[2H])c1c([2H])c(OC)c(C)c([2H])c1OCC(CC)CCCC. The van der Waals surface area contributed by atoms with Gasteiger partial charge in [-0.2, -0.15) is 0 Å². The number of hydrogen-bond acceptors (Lipinski definition) is 2. The standard InChI is InChI=1S/C19H30O2/c1-6-9-11-16(8-3)14-21-19-12-15(4)18(20-5)13-17(19)10-7-2/h7,10,12-13,16H,6,8-9,11,14H2,1-5H3/b10-7+/i7D,10D,12D,13D. The molecule has 1 rings (SSSR count). The highest BCUT2D eigenvalue weighted by molar-refractivity contribution is 5.61. The molecule has 0 radical (unpaired) electrons. The molecule has 1 aromatic rings. The average Bonchev–Trinajstić information content (AvgIpc) is 2.59. The molecule has 0 aliphatic carbocycles. The van der Waals surface area contributed by atoms with Crippen molar-refractivity contribution >= 4 is 6.05 Å². The highest BCUT2D eigenvalue weighted by Crippen LogP contribution is 2.30. The Morgan fingerprint density at radius 1 is 1.33 bits per heavy atom. The molecular weight excluding hydrogens is 260 g/mol. The van der Waals surface area contributed by atoms with Crippen LogP contribution in [0.15, 0.2) is 18.1 Å². The summed E-state index contributed by atoms with van der Waals surface area (Å²) in [7, 11) is 1.45. The number of allylic oxidation sites excluding steroid dienone is 1. The largest absolute Gasteiger partial charge is 0.496 e. The number of ether oxygens (including phenoxy) is 2. The van der Waals surface area contributed by atoms with Gasteiger partial charge in [-0.05, 0) is 43.8 Å². The lowest BCUT2D eigenvalue weighted by molar-refractivity contribution is 0.232. The van der Waals surface area contributed by atoms with Gasteiger partial charge in [0, 0.05) is 5.56 Å². The van der Waals surface area contributed by atoms with Crippen molar-refractivity contribution < 1.29 is 15.0 Å². The predicted octanol–water partition coefficient (Wildman–Crippen LogP) is 5.63. The third kappa shape index (κ3) is 5.45. The van der Waals surface area contributed by atoms with E-state index in [4.69, 9.17) is 15.0 Å². The quantitative estimate of drug-likeness (QED) is 0.587. The molecule has 0 N–H and O–H groups in total. The molecule has 0 bridgehead atoms. The van der Waals surface area contributed by atoms with Gasteiger partial charge in [-0.1, -0.05) is 45.2 Å². The van der Waals surface area contributed by atoms with Gasteiger partial charge < -0.3 is 9.47 Å². The monoisotopic (exact) mass is 294 g/mol. The first-order valence-electron chi connectivity index (χ1n) is 9.74. The van der Waals surface area contributed by atoms with Crippen LogP contribution in [0.1, 0.15) is 63.1 Å². The summed E-state index contributed by atoms with van der Waals surface area (Å²) in [6.45, 7) is 7.93. The Labute approximate surface area is 135 Å². The Morgan fingerprint density at radius 2 is 2.10 bits per heavy atom. The van der Waals surface area contributed by atoms with E-state index in [0.717, 1.165) is 25.7 Å². The molecule has 0 amide bonds. The zero-order valence-corrected chi connectivity index (χ0v) is 13.9. The molecule has 0 aromatic heterocycles. The van der Waals surface area contributed by atoms with Gasteiger partial charge in [0.05, 0.1) is 19.2 Å². The first-order chi connectivity index (χ1) is 11.8. The fourth-order valence-corrected chi connectivity index (χ4v) is 2.18. The van der Waals surface area contributed by atoms with E-state index in [1.54, 1.807) is 6.92 Å². The Morgan fingerprint density at radius 3 is 2.67 bits per heavy atom. The van der Waals surface area contributed by atoms with Gasteiger partial charge in [-0.15, -0.1) is 0 Å². The number of methoxy groups -OCH3 is 1. The fraction of sp³-hybridized carbons (Fsp3) is 0.579. The van der Waals surface area contributed by atoms with Crippen molar-refractivity contribution in [2.24, 2.45) is 5.92 Å². The van der Waals surface area contributed by atoms with Crippen LogP contribution in [0.2, 0.25) is 0 Å². The molecule has 0 fully saturated rings. The summed E-state index contributed by atoms with van der Waals surface area (Å²) in [5, 5.41) is 0. The van der Waals surface area contributed by atoms with Crippen molar-refractivity contribution in [2.75, 3.05) is 13.7 Å². The maximum atomic E-state index is 8.40. The lowest BCUT2D eigenvalue weighted by Gasteiger charge is -2.18. The van der Waals surface area contributed by atoms with Gasteiger partial charge in [0.2, 0.25) is 0 Å². The molecule has 0 spiro atoms. The highest BCUT2D eigenvalue weighted by atomic mass is 16.5. The van der Waals surface area contributed by atoms with Gasteiger partial charge in [-0.25, -0.2) is 0 Å². The Bertz CT molecular complexity index is 623. The van der Waals surface area contributed by atoms with Crippen LogP contribution in [0.4, 0.5) is 0 Å². The fourth-order valence-electron chi connectivity index (χ4n) is 2.18. The molecule has 118 valence electrons. The van der Waals surface area contributed by atoms with E-state index in [1.807, 2.05) is 0 Å². The summed E-state index contributed by atoms with van der Waals surface area (Å²) in [5.41, 5.74) is 0.689. The van der Waals surface area contributed by atoms with Crippen molar-refractivity contribution in [1.29, 1.82) is 0 Å². The van der Waals surface area contributed by atoms with Crippen LogP contribution in [0.25, 0.3) is 6.05 Å². The summed E-state index contributed by atoms with van der Waals surface area (Å²) < 4.78 is 43.9. The summed E-state index contributed by atoms with van der Waals surface area (Å²) in [6, 6.07) is 0.0542. The summed E-state index contributed by atoms with van der Waals surface area (Å²) >= 11 is 0. The number of unbranched alkanes of at least 4 members (excludes halogenated alkanes) is 1. The van der Waals surface area contributed by atoms with Crippen molar-refractivity contribution in [2.45, 2.75) is 53.4 Å². The van der Waals surface area contributed by atoms with Crippen LogP contribution in [0, 0.1) is 12.8 Å². The normalized spacial score (nSPS) is 16.2. The van der Waals surface area contributed by atoms with Gasteiger partial charge in [0.25, 0.3) is 0 Å². The molecule has 0 heterocycles. The van der Waals surface area contributed by atoms with Crippen LogP contribution in [-0.2, 0) is 0 Å². The molecule has 0 saturated carbocycles. The van der Waals surface area contributed by atoms with Gasteiger partial charge in [0.15, 0.2) is 0 Å². The van der Waals surface area contributed by atoms with Gasteiger partial charge in [0.1, 0.15) is 11.5 Å². The molecule has 0 aliphatic rings. The second-order valence-electron chi connectivity index (χ2n) is 5.21. The smallest absolute Gasteiger partial charge is 0.127 e. The maximum absolute atomic E-state index is 8.40. The van der Waals surface area contributed by atoms with Crippen molar-refractivity contribution in [3.05, 3.63) is 29.3 Å². The van der Waals surface area contributed by atoms with E-state index >= 15 is 0 Å². The summed E-state index contributed by atoms with van der Waals surface area (Å²) in [5.74, 6) is 0.852. The third-order valence-corrected chi connectivity index (χ3v) is 3.57. The van der Waals surface area contributed by atoms with Crippen LogP contribution in [-0.4, -0.2) is 13.7 Å². The van der Waals surface area contributed by atoms with Crippen LogP contribution in [0.3, 0.4) is 0 Å². The molecular formula is C19H30O2. The molecule has 1 atom stereocenters. The molecule has 1 unspecified atom stereocenters. The Kier molecular flexibility index (Phi) is 5.48. The topological polar surface area (TPSA) is 18.5 Å².